The molecule has 0 amide bonds. The van der Waals surface area contributed by atoms with Crippen LogP contribution in [0.3, 0.4) is 0 Å². The number of nitrogens with zero attached hydrogens (tertiary/aromatic N) is 2. The van der Waals surface area contributed by atoms with Crippen molar-refractivity contribution in [1.29, 1.82) is 0 Å². The SMILES string of the molecule is CCc1c(C)nn(C(c2ccc(Cl)s2)C(N)CC)c1C. The fourth-order valence-electron chi connectivity index (χ4n) is 2.70. The van der Waals surface area contributed by atoms with Crippen LogP contribution in [0, 0.1) is 13.8 Å². The standard InChI is InChI=1S/C15H22ClN3S/c1-5-11-9(3)18-19(10(11)4)15(12(17)6-2)13-7-8-14(16)20-13/h7-8,12,15H,5-6,17H2,1-4H3. The lowest BCUT2D eigenvalue weighted by molar-refractivity contribution is 0.421. The molecule has 0 spiro atoms. The molecular weight excluding hydrogens is 290 g/mol. The molecule has 2 atom stereocenters. The molecule has 0 aromatic carbocycles. The third-order valence-electron chi connectivity index (χ3n) is 3.85. The quantitative estimate of drug-likeness (QED) is 0.903. The molecule has 2 heterocycles. The van der Waals surface area contributed by atoms with Gasteiger partial charge in [-0.25, -0.2) is 0 Å². The molecule has 3 nitrogen and oxygen atoms in total. The maximum Gasteiger partial charge on any atom is 0.101 e. The number of rotatable bonds is 5. The average molecular weight is 312 g/mol. The highest BCUT2D eigenvalue weighted by atomic mass is 35.5. The molecule has 5 heteroatoms. The van der Waals surface area contributed by atoms with E-state index in [2.05, 4.69) is 38.4 Å². The van der Waals surface area contributed by atoms with Gasteiger partial charge in [-0.1, -0.05) is 25.4 Å². The van der Waals surface area contributed by atoms with E-state index in [1.165, 1.54) is 16.1 Å². The summed E-state index contributed by atoms with van der Waals surface area (Å²) in [6, 6.07) is 4.10. The van der Waals surface area contributed by atoms with E-state index < -0.39 is 0 Å². The van der Waals surface area contributed by atoms with E-state index in [1.807, 2.05) is 6.07 Å². The van der Waals surface area contributed by atoms with Gasteiger partial charge >= 0.3 is 0 Å². The normalized spacial score (nSPS) is 14.5. The largest absolute Gasteiger partial charge is 0.326 e. The second-order valence-corrected chi connectivity index (χ2v) is 6.85. The number of thiophene rings is 1. The van der Waals surface area contributed by atoms with E-state index in [0.29, 0.717) is 0 Å². The van der Waals surface area contributed by atoms with Crippen molar-refractivity contribution in [2.45, 2.75) is 52.6 Å². The van der Waals surface area contributed by atoms with Crippen LogP contribution < -0.4 is 5.73 Å². The number of aromatic nitrogens is 2. The predicted molar refractivity (Wildman–Crippen MR) is 86.8 cm³/mol. The van der Waals surface area contributed by atoms with Gasteiger partial charge in [0.05, 0.1) is 10.0 Å². The fraction of sp³-hybridized carbons (Fsp3) is 0.533. The Bertz CT molecular complexity index is 588. The monoisotopic (exact) mass is 311 g/mol. The van der Waals surface area contributed by atoms with Gasteiger partial charge in [0, 0.05) is 16.6 Å². The molecule has 0 saturated heterocycles. The molecule has 0 fully saturated rings. The molecular formula is C15H22ClN3S. The first-order valence-electron chi connectivity index (χ1n) is 7.04. The van der Waals surface area contributed by atoms with E-state index >= 15 is 0 Å². The summed E-state index contributed by atoms with van der Waals surface area (Å²) in [6.07, 6.45) is 1.90. The number of halogens is 1. The van der Waals surface area contributed by atoms with Gasteiger partial charge in [-0.3, -0.25) is 4.68 Å². The molecule has 0 aliphatic heterocycles. The first-order chi connectivity index (χ1) is 9.49. The number of hydrogen-bond donors (Lipinski definition) is 1. The Kier molecular flexibility index (Phi) is 4.89. The lowest BCUT2D eigenvalue weighted by atomic mass is 10.0. The maximum atomic E-state index is 6.36. The molecule has 0 aliphatic rings. The van der Waals surface area contributed by atoms with Crippen LogP contribution in [0.15, 0.2) is 12.1 Å². The van der Waals surface area contributed by atoms with Crippen molar-refractivity contribution in [3.05, 3.63) is 38.3 Å². The van der Waals surface area contributed by atoms with Gasteiger partial charge in [-0.2, -0.15) is 5.10 Å². The molecule has 0 radical (unpaired) electrons. The molecule has 2 rings (SSSR count). The van der Waals surface area contributed by atoms with Crippen molar-refractivity contribution in [3.8, 4) is 0 Å². The van der Waals surface area contributed by atoms with Gasteiger partial charge in [-0.05, 0) is 44.4 Å². The van der Waals surface area contributed by atoms with Crippen molar-refractivity contribution in [3.63, 3.8) is 0 Å². The van der Waals surface area contributed by atoms with Gasteiger partial charge in [0.2, 0.25) is 0 Å². The highest BCUT2D eigenvalue weighted by molar-refractivity contribution is 7.16. The smallest absolute Gasteiger partial charge is 0.101 e. The van der Waals surface area contributed by atoms with Gasteiger partial charge in [0.25, 0.3) is 0 Å². The maximum absolute atomic E-state index is 6.36. The molecule has 0 bridgehead atoms. The summed E-state index contributed by atoms with van der Waals surface area (Å²) >= 11 is 7.68. The minimum absolute atomic E-state index is 0.0347. The Morgan fingerprint density at radius 2 is 2.05 bits per heavy atom. The molecule has 0 aliphatic carbocycles. The van der Waals surface area contributed by atoms with E-state index in [0.717, 1.165) is 22.9 Å². The van der Waals surface area contributed by atoms with E-state index in [9.17, 15) is 0 Å². The van der Waals surface area contributed by atoms with E-state index in [1.54, 1.807) is 11.3 Å². The van der Waals surface area contributed by atoms with Crippen molar-refractivity contribution >= 4 is 22.9 Å². The van der Waals surface area contributed by atoms with Gasteiger partial charge in [-0.15, -0.1) is 11.3 Å². The Labute approximate surface area is 129 Å². The predicted octanol–water partition coefficient (Wildman–Crippen LogP) is 4.10. The first kappa shape index (κ1) is 15.5. The lowest BCUT2D eigenvalue weighted by Crippen LogP contribution is -2.33. The van der Waals surface area contributed by atoms with Crippen molar-refractivity contribution in [2.24, 2.45) is 5.73 Å². The minimum Gasteiger partial charge on any atom is -0.326 e. The molecule has 0 saturated carbocycles. The lowest BCUT2D eigenvalue weighted by Gasteiger charge is -2.24. The zero-order valence-electron chi connectivity index (χ0n) is 12.5. The van der Waals surface area contributed by atoms with Crippen LogP contribution in [0.4, 0.5) is 0 Å². The van der Waals surface area contributed by atoms with Crippen LogP contribution in [0.25, 0.3) is 0 Å². The second kappa shape index (κ2) is 6.29. The zero-order chi connectivity index (χ0) is 14.9. The summed E-state index contributed by atoms with van der Waals surface area (Å²) in [7, 11) is 0. The van der Waals surface area contributed by atoms with Crippen LogP contribution in [0.5, 0.6) is 0 Å². The number of aryl methyl sites for hydroxylation is 1. The molecule has 2 aromatic rings. The van der Waals surface area contributed by atoms with Crippen molar-refractivity contribution in [2.75, 3.05) is 0 Å². The number of hydrogen-bond acceptors (Lipinski definition) is 3. The van der Waals surface area contributed by atoms with E-state index in [4.69, 9.17) is 22.4 Å². The van der Waals surface area contributed by atoms with Gasteiger partial charge in [0.1, 0.15) is 6.04 Å². The summed E-state index contributed by atoms with van der Waals surface area (Å²) in [5, 5.41) is 4.74. The molecule has 2 aromatic heterocycles. The van der Waals surface area contributed by atoms with E-state index in [-0.39, 0.29) is 12.1 Å². The molecule has 2 N–H and O–H groups in total. The third kappa shape index (κ3) is 2.78. The second-order valence-electron chi connectivity index (χ2n) is 5.11. The van der Waals surface area contributed by atoms with Crippen LogP contribution >= 0.6 is 22.9 Å². The van der Waals surface area contributed by atoms with Crippen LogP contribution in [-0.2, 0) is 6.42 Å². The van der Waals surface area contributed by atoms with Crippen LogP contribution in [0.2, 0.25) is 4.34 Å². The van der Waals surface area contributed by atoms with Crippen molar-refractivity contribution in [1.82, 2.24) is 9.78 Å². The number of nitrogens with two attached hydrogens (primary N) is 1. The summed E-state index contributed by atoms with van der Waals surface area (Å²) in [4.78, 5) is 1.18. The highest BCUT2D eigenvalue weighted by Crippen LogP contribution is 2.33. The fourth-order valence-corrected chi connectivity index (χ4v) is 3.93. The zero-order valence-corrected chi connectivity index (χ0v) is 14.1. The van der Waals surface area contributed by atoms with Gasteiger partial charge < -0.3 is 5.73 Å². The van der Waals surface area contributed by atoms with Crippen molar-refractivity contribution < 1.29 is 0 Å². The minimum atomic E-state index is 0.0347. The third-order valence-corrected chi connectivity index (χ3v) is 5.16. The van der Waals surface area contributed by atoms with Gasteiger partial charge in [0.15, 0.2) is 0 Å². The Morgan fingerprint density at radius 3 is 2.50 bits per heavy atom. The van der Waals surface area contributed by atoms with Crippen LogP contribution in [0.1, 0.15) is 48.1 Å². The van der Waals surface area contributed by atoms with Crippen LogP contribution in [-0.4, -0.2) is 15.8 Å². The topological polar surface area (TPSA) is 43.8 Å². The summed E-state index contributed by atoms with van der Waals surface area (Å²) < 4.78 is 2.88. The summed E-state index contributed by atoms with van der Waals surface area (Å²) in [6.45, 7) is 8.47. The molecule has 110 valence electrons. The Morgan fingerprint density at radius 1 is 1.35 bits per heavy atom. The first-order valence-corrected chi connectivity index (χ1v) is 8.24. The molecule has 20 heavy (non-hydrogen) atoms. The summed E-state index contributed by atoms with van der Waals surface area (Å²) in [5.41, 5.74) is 9.99. The Hall–Kier alpha value is -0.840. The highest BCUT2D eigenvalue weighted by Gasteiger charge is 2.26. The summed E-state index contributed by atoms with van der Waals surface area (Å²) in [5.74, 6) is 0. The average Bonchev–Trinajstić information content (AvgIpc) is 2.95. The molecule has 2 unspecified atom stereocenters. The Balaban J connectivity index is 2.52.